The second-order valence-corrected chi connectivity index (χ2v) is 6.79. The lowest BCUT2D eigenvalue weighted by Crippen LogP contribution is -2.34. The topological polar surface area (TPSA) is 54.5 Å². The van der Waals surface area contributed by atoms with Gasteiger partial charge in [0, 0.05) is 17.6 Å². The monoisotopic (exact) mass is 363 g/mol. The van der Waals surface area contributed by atoms with Gasteiger partial charge in [-0.15, -0.1) is 0 Å². The Morgan fingerprint density at radius 2 is 1.93 bits per heavy atom. The number of ether oxygens (including phenoxy) is 1. The smallest absolute Gasteiger partial charge is 0.252 e. The molecule has 1 atom stereocenters. The molecule has 1 heterocycles. The van der Waals surface area contributed by atoms with Crippen LogP contribution in [0.5, 0.6) is 5.75 Å². The average molecular weight is 363 g/mol. The third-order valence-electron chi connectivity index (χ3n) is 4.65. The van der Waals surface area contributed by atoms with Crippen molar-refractivity contribution in [1.29, 1.82) is 0 Å². The molecule has 0 aliphatic heterocycles. The number of aryl methyl sites for hydroxylation is 1. The molecular weight excluding hydrogens is 338 g/mol. The lowest BCUT2D eigenvalue weighted by molar-refractivity contribution is 0.0943. The Morgan fingerprint density at radius 1 is 1.15 bits per heavy atom. The maximum Gasteiger partial charge on any atom is 0.252 e. The molecule has 3 rings (SSSR count). The van der Waals surface area contributed by atoms with E-state index in [1.165, 1.54) is 0 Å². The SMILES string of the molecule is COc1cccc(C(CNC(=O)c2cc(C)nc3ccccc23)N(C)C)c1. The standard InChI is InChI=1S/C22H25N3O2/c1-15-12-19(18-10-5-6-11-20(18)24-15)22(26)23-14-21(25(2)3)16-8-7-9-17(13-16)27-4/h5-13,21H,14H2,1-4H3,(H,23,26). The molecule has 0 radical (unpaired) electrons. The largest absolute Gasteiger partial charge is 0.497 e. The van der Waals surface area contributed by atoms with Crippen molar-refractivity contribution in [1.82, 2.24) is 15.2 Å². The van der Waals surface area contributed by atoms with Gasteiger partial charge in [0.2, 0.25) is 0 Å². The number of aromatic nitrogens is 1. The van der Waals surface area contributed by atoms with Crippen LogP contribution in [0.2, 0.25) is 0 Å². The van der Waals surface area contributed by atoms with Crippen LogP contribution in [-0.4, -0.2) is 43.5 Å². The van der Waals surface area contributed by atoms with Crippen LogP contribution in [0, 0.1) is 6.92 Å². The molecule has 3 aromatic rings. The second kappa shape index (κ2) is 8.18. The van der Waals surface area contributed by atoms with Crippen molar-refractivity contribution in [3.8, 4) is 5.75 Å². The van der Waals surface area contributed by atoms with Crippen LogP contribution in [0.4, 0.5) is 0 Å². The molecule has 5 heteroatoms. The minimum absolute atomic E-state index is 0.0400. The molecule has 0 saturated heterocycles. The van der Waals surface area contributed by atoms with Crippen LogP contribution in [0.25, 0.3) is 10.9 Å². The van der Waals surface area contributed by atoms with E-state index in [9.17, 15) is 4.79 Å². The van der Waals surface area contributed by atoms with E-state index < -0.39 is 0 Å². The fraction of sp³-hybridized carbons (Fsp3) is 0.273. The highest BCUT2D eigenvalue weighted by atomic mass is 16.5. The number of carbonyl (C=O) groups excluding carboxylic acids is 1. The number of para-hydroxylation sites is 1. The molecular formula is C22H25N3O2. The van der Waals surface area contributed by atoms with Crippen LogP contribution in [0.1, 0.15) is 27.7 Å². The molecule has 140 valence electrons. The number of hydrogen-bond acceptors (Lipinski definition) is 4. The van der Waals surface area contributed by atoms with Gasteiger partial charge in [-0.3, -0.25) is 9.78 Å². The van der Waals surface area contributed by atoms with Crippen LogP contribution in [0.3, 0.4) is 0 Å². The Bertz CT molecular complexity index is 953. The van der Waals surface area contributed by atoms with Gasteiger partial charge in [-0.05, 0) is 50.8 Å². The molecule has 0 aliphatic carbocycles. The highest BCUT2D eigenvalue weighted by Crippen LogP contribution is 2.23. The fourth-order valence-electron chi connectivity index (χ4n) is 3.23. The summed E-state index contributed by atoms with van der Waals surface area (Å²) in [5.41, 5.74) is 3.41. The molecule has 27 heavy (non-hydrogen) atoms. The van der Waals surface area contributed by atoms with Gasteiger partial charge in [0.05, 0.1) is 24.2 Å². The highest BCUT2D eigenvalue weighted by molar-refractivity contribution is 6.06. The first-order valence-corrected chi connectivity index (χ1v) is 8.94. The first-order valence-electron chi connectivity index (χ1n) is 8.94. The number of nitrogens with zero attached hydrogens (tertiary/aromatic N) is 2. The van der Waals surface area contributed by atoms with Gasteiger partial charge < -0.3 is 15.0 Å². The van der Waals surface area contributed by atoms with Crippen LogP contribution >= 0.6 is 0 Å². The number of nitrogens with one attached hydrogen (secondary N) is 1. The number of carbonyl (C=O) groups is 1. The maximum absolute atomic E-state index is 12.9. The summed E-state index contributed by atoms with van der Waals surface area (Å²) in [6, 6.07) is 17.5. The number of benzene rings is 2. The molecule has 0 bridgehead atoms. The van der Waals surface area contributed by atoms with Gasteiger partial charge in [-0.1, -0.05) is 30.3 Å². The normalized spacial score (nSPS) is 12.2. The Morgan fingerprint density at radius 3 is 2.67 bits per heavy atom. The van der Waals surface area contributed by atoms with E-state index in [-0.39, 0.29) is 11.9 Å². The van der Waals surface area contributed by atoms with Crippen molar-refractivity contribution in [2.75, 3.05) is 27.7 Å². The lowest BCUT2D eigenvalue weighted by atomic mass is 10.0. The number of pyridine rings is 1. The van der Waals surface area contributed by atoms with Gasteiger partial charge in [-0.2, -0.15) is 0 Å². The van der Waals surface area contributed by atoms with Crippen LogP contribution in [-0.2, 0) is 0 Å². The zero-order valence-electron chi connectivity index (χ0n) is 16.2. The van der Waals surface area contributed by atoms with Gasteiger partial charge >= 0.3 is 0 Å². The van der Waals surface area contributed by atoms with E-state index in [1.807, 2.05) is 75.6 Å². The molecule has 5 nitrogen and oxygen atoms in total. The Balaban J connectivity index is 1.83. The van der Waals surface area contributed by atoms with Gasteiger partial charge in [0.15, 0.2) is 0 Å². The third-order valence-corrected chi connectivity index (χ3v) is 4.65. The van der Waals surface area contributed by atoms with Crippen molar-refractivity contribution in [3.63, 3.8) is 0 Å². The van der Waals surface area contributed by atoms with Gasteiger partial charge in [0.25, 0.3) is 5.91 Å². The first kappa shape index (κ1) is 18.9. The summed E-state index contributed by atoms with van der Waals surface area (Å²) in [4.78, 5) is 19.5. The molecule has 1 aromatic heterocycles. The number of amides is 1. The summed E-state index contributed by atoms with van der Waals surface area (Å²) < 4.78 is 5.33. The summed E-state index contributed by atoms with van der Waals surface area (Å²) in [6.07, 6.45) is 0. The van der Waals surface area contributed by atoms with E-state index in [2.05, 4.69) is 15.2 Å². The quantitative estimate of drug-likeness (QED) is 0.727. The Labute approximate surface area is 160 Å². The van der Waals surface area contributed by atoms with Gasteiger partial charge in [-0.25, -0.2) is 0 Å². The minimum atomic E-state index is -0.0913. The summed E-state index contributed by atoms with van der Waals surface area (Å²) in [5, 5.41) is 3.95. The molecule has 1 N–H and O–H groups in total. The number of rotatable bonds is 6. The van der Waals surface area contributed by atoms with E-state index in [4.69, 9.17) is 4.74 Å². The predicted molar refractivity (Wildman–Crippen MR) is 108 cm³/mol. The minimum Gasteiger partial charge on any atom is -0.497 e. The third kappa shape index (κ3) is 4.26. The van der Waals surface area contributed by atoms with E-state index in [1.54, 1.807) is 7.11 Å². The fourth-order valence-corrected chi connectivity index (χ4v) is 3.23. The molecule has 0 saturated carbocycles. The Hall–Kier alpha value is -2.92. The summed E-state index contributed by atoms with van der Waals surface area (Å²) >= 11 is 0. The van der Waals surface area contributed by atoms with Crippen molar-refractivity contribution in [3.05, 3.63) is 71.4 Å². The molecule has 1 amide bonds. The van der Waals surface area contributed by atoms with Crippen molar-refractivity contribution < 1.29 is 9.53 Å². The summed E-state index contributed by atoms with van der Waals surface area (Å²) in [5.74, 6) is 0.716. The lowest BCUT2D eigenvalue weighted by Gasteiger charge is -2.25. The van der Waals surface area contributed by atoms with Crippen molar-refractivity contribution >= 4 is 16.8 Å². The zero-order chi connectivity index (χ0) is 19.4. The highest BCUT2D eigenvalue weighted by Gasteiger charge is 2.18. The molecule has 0 fully saturated rings. The van der Waals surface area contributed by atoms with Crippen molar-refractivity contribution in [2.24, 2.45) is 0 Å². The van der Waals surface area contributed by atoms with Gasteiger partial charge in [0.1, 0.15) is 5.75 Å². The number of methoxy groups -OCH3 is 1. The van der Waals surface area contributed by atoms with Crippen LogP contribution in [0.15, 0.2) is 54.6 Å². The molecule has 0 spiro atoms. The Kier molecular flexibility index (Phi) is 5.72. The summed E-state index contributed by atoms with van der Waals surface area (Å²) in [6.45, 7) is 2.40. The first-order chi connectivity index (χ1) is 13.0. The number of hydrogen-bond donors (Lipinski definition) is 1. The van der Waals surface area contributed by atoms with E-state index >= 15 is 0 Å². The maximum atomic E-state index is 12.9. The van der Waals surface area contributed by atoms with Crippen molar-refractivity contribution in [2.45, 2.75) is 13.0 Å². The predicted octanol–water partition coefficient (Wildman–Crippen LogP) is 3.58. The van der Waals surface area contributed by atoms with E-state index in [0.717, 1.165) is 27.9 Å². The number of fused-ring (bicyclic) bond motifs is 1. The summed E-state index contributed by atoms with van der Waals surface area (Å²) in [7, 11) is 5.66. The zero-order valence-corrected chi connectivity index (χ0v) is 16.2. The molecule has 0 aliphatic rings. The molecule has 1 unspecified atom stereocenters. The number of likely N-dealkylation sites (N-methyl/N-ethyl adjacent to an activating group) is 1. The van der Waals surface area contributed by atoms with E-state index in [0.29, 0.717) is 12.1 Å². The molecule has 2 aromatic carbocycles. The second-order valence-electron chi connectivity index (χ2n) is 6.79. The average Bonchev–Trinajstić information content (AvgIpc) is 2.67. The van der Waals surface area contributed by atoms with Crippen LogP contribution < -0.4 is 10.1 Å².